The number of halogens is 3. The van der Waals surface area contributed by atoms with Gasteiger partial charge in [0, 0.05) is 22.5 Å². The third-order valence-electron chi connectivity index (χ3n) is 7.14. The Morgan fingerprint density at radius 2 is 1.63 bits per heavy atom. The fourth-order valence-electron chi connectivity index (χ4n) is 4.85. The molecular formula is C29H28F3N2O+. The maximum atomic E-state index is 13.5. The van der Waals surface area contributed by atoms with Gasteiger partial charge in [-0.1, -0.05) is 26.0 Å². The van der Waals surface area contributed by atoms with Crippen LogP contribution in [0, 0.1) is 26.2 Å². The minimum atomic E-state index is -4.27. The van der Waals surface area contributed by atoms with Crippen LogP contribution in [0.1, 0.15) is 36.2 Å². The Morgan fingerprint density at radius 1 is 0.914 bits per heavy atom. The molecular weight excluding hydrogens is 449 g/mol. The summed E-state index contributed by atoms with van der Waals surface area (Å²) < 4.78 is 48.9. The molecule has 35 heavy (non-hydrogen) atoms. The molecule has 0 amide bonds. The predicted molar refractivity (Wildman–Crippen MR) is 133 cm³/mol. The zero-order valence-electron chi connectivity index (χ0n) is 20.8. The molecule has 0 saturated heterocycles. The fraction of sp³-hybridized carbons (Fsp3) is 0.310. The lowest BCUT2D eigenvalue weighted by atomic mass is 9.84. The van der Waals surface area contributed by atoms with Gasteiger partial charge in [-0.2, -0.15) is 13.2 Å². The summed E-state index contributed by atoms with van der Waals surface area (Å²) in [4.78, 5) is 4.59. The summed E-state index contributed by atoms with van der Waals surface area (Å²) in [7, 11) is 1.98. The predicted octanol–water partition coefficient (Wildman–Crippen LogP) is 7.68. The highest BCUT2D eigenvalue weighted by Gasteiger charge is 2.47. The number of fused-ring (bicyclic) bond motifs is 4. The van der Waals surface area contributed by atoms with Crippen LogP contribution < -0.4 is 4.57 Å². The molecule has 0 spiro atoms. The summed E-state index contributed by atoms with van der Waals surface area (Å²) in [6, 6.07) is 13.7. The van der Waals surface area contributed by atoms with Crippen LogP contribution in [-0.4, -0.2) is 11.2 Å². The summed E-state index contributed by atoms with van der Waals surface area (Å²) in [5, 5.41) is 3.83. The van der Waals surface area contributed by atoms with Gasteiger partial charge in [0.05, 0.1) is 16.4 Å². The van der Waals surface area contributed by atoms with Gasteiger partial charge in [-0.25, -0.2) is 9.55 Å². The van der Waals surface area contributed by atoms with Gasteiger partial charge in [-0.15, -0.1) is 0 Å². The van der Waals surface area contributed by atoms with Crippen molar-refractivity contribution in [3.05, 3.63) is 71.0 Å². The summed E-state index contributed by atoms with van der Waals surface area (Å²) in [6.07, 6.45) is -2.39. The highest BCUT2D eigenvalue weighted by molar-refractivity contribution is 6.11. The van der Waals surface area contributed by atoms with Gasteiger partial charge in [0.1, 0.15) is 7.05 Å². The number of rotatable bonds is 3. The number of aryl methyl sites for hydroxylation is 3. The first-order valence-corrected chi connectivity index (χ1v) is 11.7. The second-order valence-electron chi connectivity index (χ2n) is 10.2. The third-order valence-corrected chi connectivity index (χ3v) is 7.14. The largest absolute Gasteiger partial charge is 0.437 e. The van der Waals surface area contributed by atoms with E-state index in [4.69, 9.17) is 4.42 Å². The number of hydrogen-bond donors (Lipinski definition) is 0. The second-order valence-corrected chi connectivity index (χ2v) is 10.2. The Labute approximate surface area is 202 Å². The first-order valence-electron chi connectivity index (χ1n) is 11.7. The van der Waals surface area contributed by atoms with Crippen molar-refractivity contribution in [2.75, 3.05) is 0 Å². The quantitative estimate of drug-likeness (QED) is 0.249. The number of alkyl halides is 3. The Hall–Kier alpha value is -3.41. The Balaban J connectivity index is 1.77. The molecule has 0 fully saturated rings. The van der Waals surface area contributed by atoms with Gasteiger partial charge in [0.15, 0.2) is 11.8 Å². The molecule has 180 valence electrons. The van der Waals surface area contributed by atoms with Gasteiger partial charge in [0.25, 0.3) is 0 Å². The molecule has 3 aromatic heterocycles. The SMILES string of the molecule is Cc1ccc2c(n1)oc1c(-c3c4ccc(CC(C)(C)C(F)(F)F)cc4cc[n+]3C)c(C)c(C)cc12. The summed E-state index contributed by atoms with van der Waals surface area (Å²) >= 11 is 0. The molecule has 0 saturated carbocycles. The van der Waals surface area contributed by atoms with Crippen LogP contribution in [0.4, 0.5) is 13.2 Å². The molecule has 0 N–H and O–H groups in total. The van der Waals surface area contributed by atoms with E-state index in [1.54, 1.807) is 0 Å². The minimum absolute atomic E-state index is 0.0783. The molecule has 2 aromatic carbocycles. The maximum absolute atomic E-state index is 13.5. The van der Waals surface area contributed by atoms with Crippen LogP contribution in [0.3, 0.4) is 0 Å². The van der Waals surface area contributed by atoms with E-state index in [0.29, 0.717) is 11.3 Å². The second kappa shape index (κ2) is 7.80. The maximum Gasteiger partial charge on any atom is 0.394 e. The van der Waals surface area contributed by atoms with E-state index in [9.17, 15) is 13.2 Å². The monoisotopic (exact) mass is 477 g/mol. The Morgan fingerprint density at radius 3 is 2.34 bits per heavy atom. The fourth-order valence-corrected chi connectivity index (χ4v) is 4.85. The molecule has 0 bridgehead atoms. The van der Waals surface area contributed by atoms with Gasteiger partial charge < -0.3 is 4.42 Å². The van der Waals surface area contributed by atoms with E-state index >= 15 is 0 Å². The van der Waals surface area contributed by atoms with E-state index in [0.717, 1.165) is 55.2 Å². The number of hydrogen-bond acceptors (Lipinski definition) is 2. The van der Waals surface area contributed by atoms with Crippen molar-refractivity contribution in [3.63, 3.8) is 0 Å². The van der Waals surface area contributed by atoms with Crippen molar-refractivity contribution in [2.24, 2.45) is 12.5 Å². The molecule has 0 atom stereocenters. The van der Waals surface area contributed by atoms with Crippen LogP contribution in [0.5, 0.6) is 0 Å². The van der Waals surface area contributed by atoms with E-state index < -0.39 is 11.6 Å². The van der Waals surface area contributed by atoms with Crippen LogP contribution in [0.25, 0.3) is 44.1 Å². The molecule has 6 heteroatoms. The average molecular weight is 478 g/mol. The molecule has 3 heterocycles. The van der Waals surface area contributed by atoms with Crippen molar-refractivity contribution < 1.29 is 22.2 Å². The lowest BCUT2D eigenvalue weighted by Gasteiger charge is -2.27. The molecule has 5 rings (SSSR count). The number of nitrogens with zero attached hydrogens (tertiary/aromatic N) is 2. The Kier molecular flexibility index (Phi) is 5.20. The summed E-state index contributed by atoms with van der Waals surface area (Å²) in [5.74, 6) is 0. The van der Waals surface area contributed by atoms with Crippen LogP contribution in [0.15, 0.2) is 53.1 Å². The number of pyridine rings is 2. The van der Waals surface area contributed by atoms with E-state index in [2.05, 4.69) is 29.5 Å². The molecule has 0 unspecified atom stereocenters. The first-order chi connectivity index (χ1) is 16.4. The lowest BCUT2D eigenvalue weighted by Crippen LogP contribution is -2.34. The lowest BCUT2D eigenvalue weighted by molar-refractivity contribution is -0.659. The van der Waals surface area contributed by atoms with Crippen LogP contribution >= 0.6 is 0 Å². The number of aromatic nitrogens is 2. The molecule has 0 aliphatic rings. The normalized spacial score (nSPS) is 12.8. The molecule has 0 aliphatic carbocycles. The van der Waals surface area contributed by atoms with E-state index in [1.807, 2.05) is 56.6 Å². The standard InChI is InChI=1S/C29H28F3N2O/c1-16-13-23-22-9-7-17(2)33-27(22)35-26(23)24(18(16)3)25-21-10-8-19(14-20(21)11-12-34(25)6)15-28(4,5)29(30,31)32/h7-14H,15H2,1-6H3/q+1. The van der Waals surface area contributed by atoms with Crippen LogP contribution in [0.2, 0.25) is 0 Å². The third kappa shape index (κ3) is 3.76. The number of furan rings is 1. The summed E-state index contributed by atoms with van der Waals surface area (Å²) in [6.45, 7) is 8.60. The highest BCUT2D eigenvalue weighted by atomic mass is 19.4. The molecule has 0 radical (unpaired) electrons. The van der Waals surface area contributed by atoms with Crippen molar-refractivity contribution in [1.82, 2.24) is 4.98 Å². The summed E-state index contributed by atoms with van der Waals surface area (Å²) in [5.41, 5.74) is 5.29. The van der Waals surface area contributed by atoms with Crippen molar-refractivity contribution in [3.8, 4) is 11.3 Å². The smallest absolute Gasteiger partial charge is 0.394 e. The first kappa shape index (κ1) is 23.3. The topological polar surface area (TPSA) is 29.9 Å². The van der Waals surface area contributed by atoms with Crippen molar-refractivity contribution >= 4 is 32.8 Å². The van der Waals surface area contributed by atoms with E-state index in [1.165, 1.54) is 13.8 Å². The number of benzene rings is 2. The van der Waals surface area contributed by atoms with Crippen molar-refractivity contribution in [2.45, 2.75) is 47.2 Å². The van der Waals surface area contributed by atoms with Gasteiger partial charge >= 0.3 is 6.18 Å². The van der Waals surface area contributed by atoms with Gasteiger partial charge in [0.2, 0.25) is 11.4 Å². The van der Waals surface area contributed by atoms with Crippen molar-refractivity contribution in [1.29, 1.82) is 0 Å². The molecule has 0 aliphatic heterocycles. The van der Waals surface area contributed by atoms with Gasteiger partial charge in [-0.3, -0.25) is 0 Å². The zero-order chi connectivity index (χ0) is 25.3. The molecule has 5 aromatic rings. The average Bonchev–Trinajstić information content (AvgIpc) is 3.11. The minimum Gasteiger partial charge on any atom is -0.437 e. The highest BCUT2D eigenvalue weighted by Crippen LogP contribution is 2.42. The Bertz CT molecular complexity index is 1630. The van der Waals surface area contributed by atoms with Crippen LogP contribution in [-0.2, 0) is 13.5 Å². The molecule has 3 nitrogen and oxygen atoms in total. The van der Waals surface area contributed by atoms with Gasteiger partial charge in [-0.05, 0) is 73.5 Å². The zero-order valence-corrected chi connectivity index (χ0v) is 20.8. The van der Waals surface area contributed by atoms with E-state index in [-0.39, 0.29) is 6.42 Å².